The van der Waals surface area contributed by atoms with Gasteiger partial charge in [-0.3, -0.25) is 4.18 Å². The van der Waals surface area contributed by atoms with Crippen molar-refractivity contribution in [2.75, 3.05) is 6.26 Å². The first-order chi connectivity index (χ1) is 8.42. The molecule has 0 heterocycles. The molecule has 0 aromatic rings. The standard InChI is InChI=1S/C13H20O4S/c1-18(15,16)17-13-7-9-4-10(8-13)6-11(5-9)12(13)2-3-14/h3,9-12H,2,4-8H2,1H3. The van der Waals surface area contributed by atoms with Crippen LogP contribution in [0.25, 0.3) is 0 Å². The highest BCUT2D eigenvalue weighted by atomic mass is 32.2. The predicted molar refractivity (Wildman–Crippen MR) is 66.4 cm³/mol. The summed E-state index contributed by atoms with van der Waals surface area (Å²) < 4.78 is 28.6. The monoisotopic (exact) mass is 272 g/mol. The minimum Gasteiger partial charge on any atom is -0.303 e. The Morgan fingerprint density at radius 2 is 1.83 bits per heavy atom. The molecule has 102 valence electrons. The Kier molecular flexibility index (Phi) is 2.83. The van der Waals surface area contributed by atoms with E-state index >= 15 is 0 Å². The largest absolute Gasteiger partial charge is 0.303 e. The number of carbonyl (C=O) groups excluding carboxylic acids is 1. The van der Waals surface area contributed by atoms with Gasteiger partial charge in [0.1, 0.15) is 6.29 Å². The van der Waals surface area contributed by atoms with Gasteiger partial charge in [0.2, 0.25) is 0 Å². The van der Waals surface area contributed by atoms with Gasteiger partial charge in [0.15, 0.2) is 0 Å². The van der Waals surface area contributed by atoms with Crippen LogP contribution in [0.1, 0.15) is 38.5 Å². The molecule has 4 saturated carbocycles. The summed E-state index contributed by atoms with van der Waals surface area (Å²) in [6.45, 7) is 0. The second-order valence-electron chi connectivity index (χ2n) is 6.47. The van der Waals surface area contributed by atoms with Crippen molar-refractivity contribution in [2.24, 2.45) is 23.7 Å². The van der Waals surface area contributed by atoms with Crippen molar-refractivity contribution in [3.63, 3.8) is 0 Å². The summed E-state index contributed by atoms with van der Waals surface area (Å²) in [5.74, 6) is 1.81. The Bertz CT molecular complexity index is 442. The van der Waals surface area contributed by atoms with Crippen molar-refractivity contribution < 1.29 is 17.4 Å². The van der Waals surface area contributed by atoms with E-state index in [1.165, 1.54) is 6.42 Å². The number of aldehydes is 1. The van der Waals surface area contributed by atoms with Crippen LogP contribution in [-0.4, -0.2) is 26.6 Å². The number of rotatable bonds is 4. The van der Waals surface area contributed by atoms with E-state index in [2.05, 4.69) is 0 Å². The quantitative estimate of drug-likeness (QED) is 0.578. The fraction of sp³-hybridized carbons (Fsp3) is 0.923. The van der Waals surface area contributed by atoms with Crippen LogP contribution in [0.3, 0.4) is 0 Å². The Hall–Kier alpha value is -0.420. The molecular weight excluding hydrogens is 252 g/mol. The fourth-order valence-electron chi connectivity index (χ4n) is 5.01. The van der Waals surface area contributed by atoms with Crippen molar-refractivity contribution in [1.82, 2.24) is 0 Å². The van der Waals surface area contributed by atoms with Crippen LogP contribution in [0.4, 0.5) is 0 Å². The zero-order valence-corrected chi connectivity index (χ0v) is 11.5. The minimum atomic E-state index is -3.45. The molecule has 4 fully saturated rings. The third kappa shape index (κ3) is 2.01. The maximum atomic E-state index is 11.6. The van der Waals surface area contributed by atoms with Crippen molar-refractivity contribution in [2.45, 2.75) is 44.1 Å². The van der Waals surface area contributed by atoms with Gasteiger partial charge in [0, 0.05) is 6.42 Å². The van der Waals surface area contributed by atoms with E-state index in [4.69, 9.17) is 4.18 Å². The van der Waals surface area contributed by atoms with Gasteiger partial charge in [-0.2, -0.15) is 8.42 Å². The van der Waals surface area contributed by atoms with Gasteiger partial charge in [0.05, 0.1) is 11.9 Å². The lowest BCUT2D eigenvalue weighted by molar-refractivity contribution is -0.156. The highest BCUT2D eigenvalue weighted by Crippen LogP contribution is 2.60. The maximum absolute atomic E-state index is 11.6. The topological polar surface area (TPSA) is 60.4 Å². The van der Waals surface area contributed by atoms with Crippen LogP contribution < -0.4 is 0 Å². The summed E-state index contributed by atoms with van der Waals surface area (Å²) in [7, 11) is -3.45. The first kappa shape index (κ1) is 12.6. The van der Waals surface area contributed by atoms with Gasteiger partial charge in [0.25, 0.3) is 10.1 Å². The highest BCUT2D eigenvalue weighted by molar-refractivity contribution is 7.86. The molecule has 0 spiro atoms. The second kappa shape index (κ2) is 4.04. The molecule has 3 unspecified atom stereocenters. The normalized spacial score (nSPS) is 46.3. The van der Waals surface area contributed by atoms with E-state index in [0.29, 0.717) is 24.2 Å². The van der Waals surface area contributed by atoms with Gasteiger partial charge in [-0.25, -0.2) is 0 Å². The molecule has 4 rings (SSSR count). The van der Waals surface area contributed by atoms with E-state index in [-0.39, 0.29) is 5.92 Å². The van der Waals surface area contributed by atoms with Crippen LogP contribution in [0.2, 0.25) is 0 Å². The van der Waals surface area contributed by atoms with E-state index in [0.717, 1.165) is 38.2 Å². The Morgan fingerprint density at radius 3 is 2.33 bits per heavy atom. The first-order valence-corrected chi connectivity index (χ1v) is 8.58. The van der Waals surface area contributed by atoms with Crippen LogP contribution in [-0.2, 0) is 19.1 Å². The van der Waals surface area contributed by atoms with Gasteiger partial charge >= 0.3 is 0 Å². The van der Waals surface area contributed by atoms with E-state index in [1.807, 2.05) is 0 Å². The zero-order chi connectivity index (χ0) is 13.0. The number of hydrogen-bond donors (Lipinski definition) is 0. The van der Waals surface area contributed by atoms with Crippen LogP contribution in [0.5, 0.6) is 0 Å². The molecule has 3 atom stereocenters. The molecule has 0 N–H and O–H groups in total. The molecule has 0 saturated heterocycles. The summed E-state index contributed by atoms with van der Waals surface area (Å²) >= 11 is 0. The number of carbonyl (C=O) groups is 1. The smallest absolute Gasteiger partial charge is 0.264 e. The third-order valence-electron chi connectivity index (χ3n) is 5.12. The van der Waals surface area contributed by atoms with Gasteiger partial charge in [-0.1, -0.05) is 0 Å². The average Bonchev–Trinajstić information content (AvgIpc) is 2.19. The van der Waals surface area contributed by atoms with Crippen LogP contribution in [0.15, 0.2) is 0 Å². The minimum absolute atomic E-state index is 0.109. The second-order valence-corrected chi connectivity index (χ2v) is 8.04. The summed E-state index contributed by atoms with van der Waals surface area (Å²) in [5, 5.41) is 0. The molecule has 4 nitrogen and oxygen atoms in total. The van der Waals surface area contributed by atoms with Crippen molar-refractivity contribution in [3.8, 4) is 0 Å². The van der Waals surface area contributed by atoms with Gasteiger partial charge in [-0.05, 0) is 55.8 Å². The maximum Gasteiger partial charge on any atom is 0.264 e. The number of hydrogen-bond acceptors (Lipinski definition) is 4. The molecule has 0 radical (unpaired) electrons. The summed E-state index contributed by atoms with van der Waals surface area (Å²) in [5.41, 5.74) is -0.566. The molecular formula is C13H20O4S. The Morgan fingerprint density at radius 1 is 1.22 bits per heavy atom. The lowest BCUT2D eigenvalue weighted by Crippen LogP contribution is -2.59. The first-order valence-electron chi connectivity index (χ1n) is 6.76. The molecule has 4 aliphatic rings. The molecule has 5 heteroatoms. The Balaban J connectivity index is 1.95. The van der Waals surface area contributed by atoms with Crippen LogP contribution >= 0.6 is 0 Å². The van der Waals surface area contributed by atoms with E-state index in [1.54, 1.807) is 0 Å². The molecule has 0 aromatic heterocycles. The van der Waals surface area contributed by atoms with Crippen molar-refractivity contribution in [3.05, 3.63) is 0 Å². The van der Waals surface area contributed by atoms with Crippen molar-refractivity contribution in [1.29, 1.82) is 0 Å². The SMILES string of the molecule is CS(=O)(=O)OC12CC3CC(CC(C3)C1CC=O)C2. The molecule has 18 heavy (non-hydrogen) atoms. The van der Waals surface area contributed by atoms with Gasteiger partial charge < -0.3 is 4.79 Å². The molecule has 4 bridgehead atoms. The molecule has 4 aliphatic carbocycles. The highest BCUT2D eigenvalue weighted by Gasteiger charge is 2.58. The lowest BCUT2D eigenvalue weighted by Gasteiger charge is -2.59. The van der Waals surface area contributed by atoms with Crippen molar-refractivity contribution >= 4 is 16.4 Å². The van der Waals surface area contributed by atoms with Gasteiger partial charge in [-0.15, -0.1) is 0 Å². The average molecular weight is 272 g/mol. The predicted octanol–water partition coefficient (Wildman–Crippen LogP) is 1.75. The molecule has 0 amide bonds. The summed E-state index contributed by atoms with van der Waals surface area (Å²) in [6.07, 6.45) is 7.69. The van der Waals surface area contributed by atoms with E-state index in [9.17, 15) is 13.2 Å². The van der Waals surface area contributed by atoms with Crippen LogP contribution in [0, 0.1) is 23.7 Å². The molecule has 0 aromatic carbocycles. The Labute approximate surface area is 108 Å². The zero-order valence-electron chi connectivity index (χ0n) is 10.7. The summed E-state index contributed by atoms with van der Waals surface area (Å²) in [6, 6.07) is 0. The molecule has 0 aliphatic heterocycles. The fourth-order valence-corrected chi connectivity index (χ4v) is 5.88. The van der Waals surface area contributed by atoms with E-state index < -0.39 is 15.7 Å². The lowest BCUT2D eigenvalue weighted by atomic mass is 9.49. The summed E-state index contributed by atoms with van der Waals surface area (Å²) in [4.78, 5) is 10.9. The third-order valence-corrected chi connectivity index (χ3v) is 5.75.